The molecule has 1 aromatic carbocycles. The first-order valence-corrected chi connectivity index (χ1v) is 6.03. The fourth-order valence-electron chi connectivity index (χ4n) is 1.41. The van der Waals surface area contributed by atoms with Gasteiger partial charge < -0.3 is 21.1 Å². The molecule has 0 atom stereocenters. The number of aliphatic carboxylic acids is 1. The summed E-state index contributed by atoms with van der Waals surface area (Å²) in [5, 5.41) is 15.4. The lowest BCUT2D eigenvalue weighted by atomic mass is 10.2. The van der Waals surface area contributed by atoms with Gasteiger partial charge in [-0.25, -0.2) is 0 Å². The van der Waals surface area contributed by atoms with E-state index in [4.69, 9.17) is 5.11 Å². The lowest BCUT2D eigenvalue weighted by Crippen LogP contribution is -2.39. The highest BCUT2D eigenvalue weighted by molar-refractivity contribution is 5.97. The molecule has 3 amide bonds. The van der Waals surface area contributed by atoms with Crippen molar-refractivity contribution in [2.45, 2.75) is 6.92 Å². The largest absolute Gasteiger partial charge is 0.480 e. The molecule has 0 saturated carbocycles. The van der Waals surface area contributed by atoms with Crippen LogP contribution in [0.2, 0.25) is 0 Å². The second-order valence-electron chi connectivity index (χ2n) is 4.11. The highest BCUT2D eigenvalue weighted by Gasteiger charge is 2.09. The first-order valence-electron chi connectivity index (χ1n) is 6.03. The maximum absolute atomic E-state index is 11.7. The van der Waals surface area contributed by atoms with E-state index in [1.807, 2.05) is 0 Å². The monoisotopic (exact) mass is 293 g/mol. The lowest BCUT2D eigenvalue weighted by molar-refractivity contribution is -0.137. The molecule has 0 spiro atoms. The highest BCUT2D eigenvalue weighted by atomic mass is 16.4. The summed E-state index contributed by atoms with van der Waals surface area (Å²) in [6.45, 7) is 0.552. The van der Waals surface area contributed by atoms with E-state index in [9.17, 15) is 19.2 Å². The average Bonchev–Trinajstić information content (AvgIpc) is 2.42. The van der Waals surface area contributed by atoms with Crippen molar-refractivity contribution in [3.05, 3.63) is 29.8 Å². The van der Waals surface area contributed by atoms with E-state index in [-0.39, 0.29) is 12.5 Å². The van der Waals surface area contributed by atoms with Gasteiger partial charge in [0.05, 0.1) is 6.54 Å². The van der Waals surface area contributed by atoms with Gasteiger partial charge in [-0.1, -0.05) is 0 Å². The van der Waals surface area contributed by atoms with Crippen LogP contribution in [0.1, 0.15) is 17.3 Å². The number of rotatable bonds is 6. The Kier molecular flexibility index (Phi) is 5.87. The van der Waals surface area contributed by atoms with Crippen LogP contribution in [0, 0.1) is 0 Å². The van der Waals surface area contributed by atoms with E-state index in [0.717, 1.165) is 0 Å². The van der Waals surface area contributed by atoms with Gasteiger partial charge in [0.15, 0.2) is 0 Å². The van der Waals surface area contributed by atoms with Crippen LogP contribution in [0.25, 0.3) is 0 Å². The smallest absolute Gasteiger partial charge is 0.322 e. The minimum atomic E-state index is -1.16. The number of hydrogen-bond donors (Lipinski definition) is 4. The van der Waals surface area contributed by atoms with Crippen molar-refractivity contribution in [1.29, 1.82) is 0 Å². The molecule has 0 aliphatic carbocycles. The number of hydrogen-bond acceptors (Lipinski definition) is 4. The first kappa shape index (κ1) is 16.2. The standard InChI is InChI=1S/C13H15N3O5/c1-8(17)16-10-4-2-9(3-5-10)13(21)15-6-11(18)14-7-12(19)20/h2-5H,6-7H2,1H3,(H,14,18)(H,15,21)(H,16,17)(H,19,20). The molecule has 0 heterocycles. The molecule has 0 bridgehead atoms. The van der Waals surface area contributed by atoms with Crippen LogP contribution >= 0.6 is 0 Å². The van der Waals surface area contributed by atoms with Gasteiger partial charge in [-0.15, -0.1) is 0 Å². The Morgan fingerprint density at radius 1 is 1.00 bits per heavy atom. The van der Waals surface area contributed by atoms with Crippen molar-refractivity contribution in [3.8, 4) is 0 Å². The zero-order valence-corrected chi connectivity index (χ0v) is 11.3. The van der Waals surface area contributed by atoms with E-state index in [2.05, 4.69) is 16.0 Å². The van der Waals surface area contributed by atoms with Gasteiger partial charge >= 0.3 is 5.97 Å². The molecule has 1 rings (SSSR count). The van der Waals surface area contributed by atoms with Gasteiger partial charge in [0.25, 0.3) is 5.91 Å². The van der Waals surface area contributed by atoms with E-state index >= 15 is 0 Å². The molecular weight excluding hydrogens is 278 g/mol. The van der Waals surface area contributed by atoms with E-state index < -0.39 is 24.3 Å². The molecule has 0 saturated heterocycles. The summed E-state index contributed by atoms with van der Waals surface area (Å²) in [6.07, 6.45) is 0. The van der Waals surface area contributed by atoms with Crippen LogP contribution in [0.15, 0.2) is 24.3 Å². The summed E-state index contributed by atoms with van der Waals surface area (Å²) < 4.78 is 0. The predicted molar refractivity (Wildman–Crippen MR) is 73.7 cm³/mol. The Balaban J connectivity index is 2.46. The molecule has 0 aliphatic rings. The summed E-state index contributed by atoms with van der Waals surface area (Å²) >= 11 is 0. The van der Waals surface area contributed by atoms with Crippen LogP contribution < -0.4 is 16.0 Å². The van der Waals surface area contributed by atoms with Crippen LogP contribution in [-0.2, 0) is 14.4 Å². The zero-order valence-electron chi connectivity index (χ0n) is 11.3. The predicted octanol–water partition coefficient (Wildman–Crippen LogP) is -0.424. The summed E-state index contributed by atoms with van der Waals surface area (Å²) in [7, 11) is 0. The average molecular weight is 293 g/mol. The summed E-state index contributed by atoms with van der Waals surface area (Å²) in [5.74, 6) is -2.46. The van der Waals surface area contributed by atoms with Crippen molar-refractivity contribution in [3.63, 3.8) is 0 Å². The number of amides is 3. The second kappa shape index (κ2) is 7.63. The Bertz CT molecular complexity index is 553. The summed E-state index contributed by atoms with van der Waals surface area (Å²) in [6, 6.07) is 6.10. The number of carbonyl (C=O) groups excluding carboxylic acids is 3. The third kappa shape index (κ3) is 6.19. The van der Waals surface area contributed by atoms with Crippen molar-refractivity contribution in [2.75, 3.05) is 18.4 Å². The molecule has 1 aromatic rings. The minimum Gasteiger partial charge on any atom is -0.480 e. The van der Waals surface area contributed by atoms with Gasteiger partial charge in [0.1, 0.15) is 6.54 Å². The van der Waals surface area contributed by atoms with Gasteiger partial charge in [-0.05, 0) is 24.3 Å². The summed E-state index contributed by atoms with van der Waals surface area (Å²) in [5.41, 5.74) is 0.869. The molecule has 0 aliphatic heterocycles. The Labute approximate surface area is 120 Å². The number of carboxylic acid groups (broad SMARTS) is 1. The number of benzene rings is 1. The Morgan fingerprint density at radius 3 is 2.14 bits per heavy atom. The third-order valence-electron chi connectivity index (χ3n) is 2.31. The quantitative estimate of drug-likeness (QED) is 0.567. The molecule has 21 heavy (non-hydrogen) atoms. The molecule has 0 fully saturated rings. The van der Waals surface area contributed by atoms with Crippen molar-refractivity contribution in [2.24, 2.45) is 0 Å². The topological polar surface area (TPSA) is 125 Å². The molecule has 0 radical (unpaired) electrons. The first-order chi connectivity index (χ1) is 9.88. The molecule has 8 heteroatoms. The van der Waals surface area contributed by atoms with E-state index in [1.54, 1.807) is 12.1 Å². The van der Waals surface area contributed by atoms with E-state index in [1.165, 1.54) is 19.1 Å². The molecule has 0 aromatic heterocycles. The molecule has 4 N–H and O–H groups in total. The van der Waals surface area contributed by atoms with Gasteiger partial charge in [-0.2, -0.15) is 0 Å². The van der Waals surface area contributed by atoms with Gasteiger partial charge in [0, 0.05) is 18.2 Å². The molecule has 8 nitrogen and oxygen atoms in total. The van der Waals surface area contributed by atoms with Crippen molar-refractivity contribution >= 4 is 29.4 Å². The van der Waals surface area contributed by atoms with Crippen molar-refractivity contribution < 1.29 is 24.3 Å². The van der Waals surface area contributed by atoms with Crippen molar-refractivity contribution in [1.82, 2.24) is 10.6 Å². The zero-order chi connectivity index (χ0) is 15.8. The van der Waals surface area contributed by atoms with Crippen LogP contribution in [0.3, 0.4) is 0 Å². The number of nitrogens with one attached hydrogen (secondary N) is 3. The fourth-order valence-corrected chi connectivity index (χ4v) is 1.41. The maximum Gasteiger partial charge on any atom is 0.322 e. The van der Waals surface area contributed by atoms with Gasteiger partial charge in [0.2, 0.25) is 11.8 Å². The minimum absolute atomic E-state index is 0.220. The highest BCUT2D eigenvalue weighted by Crippen LogP contribution is 2.09. The van der Waals surface area contributed by atoms with Crippen LogP contribution in [0.4, 0.5) is 5.69 Å². The fraction of sp³-hybridized carbons (Fsp3) is 0.231. The molecular formula is C13H15N3O5. The van der Waals surface area contributed by atoms with Gasteiger partial charge in [-0.3, -0.25) is 19.2 Å². The molecule has 0 unspecified atom stereocenters. The third-order valence-corrected chi connectivity index (χ3v) is 2.31. The number of carboxylic acids is 1. The summed E-state index contributed by atoms with van der Waals surface area (Å²) in [4.78, 5) is 44.0. The second-order valence-corrected chi connectivity index (χ2v) is 4.11. The van der Waals surface area contributed by atoms with Crippen LogP contribution in [-0.4, -0.2) is 41.9 Å². The molecule has 112 valence electrons. The van der Waals surface area contributed by atoms with Crippen LogP contribution in [0.5, 0.6) is 0 Å². The SMILES string of the molecule is CC(=O)Nc1ccc(C(=O)NCC(=O)NCC(=O)O)cc1. The number of carbonyl (C=O) groups is 4. The Morgan fingerprint density at radius 2 is 1.62 bits per heavy atom. The van der Waals surface area contributed by atoms with E-state index in [0.29, 0.717) is 11.3 Å². The Hall–Kier alpha value is -2.90. The maximum atomic E-state index is 11.7. The lowest BCUT2D eigenvalue weighted by Gasteiger charge is -2.06. The number of anilines is 1. The normalized spacial score (nSPS) is 9.57.